The number of hydrogen-bond acceptors (Lipinski definition) is 2. The number of halogens is 3. The predicted octanol–water partition coefficient (Wildman–Crippen LogP) is 11.2. The Labute approximate surface area is 247 Å². The average molecular weight is 567 g/mol. The summed E-state index contributed by atoms with van der Waals surface area (Å²) in [4.78, 5) is 5.97. The maximum Gasteiger partial charge on any atom is 0.433 e. The molecule has 0 atom stereocenters. The highest BCUT2D eigenvalue weighted by molar-refractivity contribution is 6.22. The summed E-state index contributed by atoms with van der Waals surface area (Å²) in [7, 11) is 0. The summed E-state index contributed by atoms with van der Waals surface area (Å²) in [6, 6.07) is 48.4. The first kappa shape index (κ1) is 26.5. The molecule has 5 heteroatoms. The molecule has 0 N–H and O–H groups in total. The average Bonchev–Trinajstić information content (AvgIpc) is 3.05. The molecule has 7 rings (SSSR count). The molecule has 0 fully saturated rings. The van der Waals surface area contributed by atoms with E-state index in [1.54, 1.807) is 6.07 Å². The maximum atomic E-state index is 13.9. The SMILES string of the molecule is FC(F)(F)c1cccc(N(c2ccccc2)c2c3ccccc3c(-c3cccc(-c4ccccc4)c3)c3ccccc23)n1. The summed E-state index contributed by atoms with van der Waals surface area (Å²) >= 11 is 0. The number of anilines is 3. The molecule has 0 aliphatic heterocycles. The minimum Gasteiger partial charge on any atom is -0.294 e. The summed E-state index contributed by atoms with van der Waals surface area (Å²) in [5.41, 5.74) is 4.90. The number of pyridine rings is 1. The molecule has 43 heavy (non-hydrogen) atoms. The van der Waals surface area contributed by atoms with Gasteiger partial charge in [0, 0.05) is 16.5 Å². The van der Waals surface area contributed by atoms with E-state index >= 15 is 0 Å². The molecule has 1 aromatic heterocycles. The highest BCUT2D eigenvalue weighted by Gasteiger charge is 2.33. The van der Waals surface area contributed by atoms with Gasteiger partial charge in [-0.3, -0.25) is 4.90 Å². The van der Waals surface area contributed by atoms with E-state index < -0.39 is 11.9 Å². The Balaban J connectivity index is 1.55. The Kier molecular flexibility index (Phi) is 6.63. The van der Waals surface area contributed by atoms with E-state index in [0.29, 0.717) is 5.69 Å². The number of alkyl halides is 3. The van der Waals surface area contributed by atoms with Crippen LogP contribution in [0.2, 0.25) is 0 Å². The quantitative estimate of drug-likeness (QED) is 0.193. The highest BCUT2D eigenvalue weighted by atomic mass is 19.4. The zero-order valence-corrected chi connectivity index (χ0v) is 23.0. The molecule has 0 aliphatic carbocycles. The molecule has 1 heterocycles. The zero-order chi connectivity index (χ0) is 29.4. The number of para-hydroxylation sites is 1. The van der Waals surface area contributed by atoms with Gasteiger partial charge < -0.3 is 0 Å². The first-order valence-corrected chi connectivity index (χ1v) is 14.0. The second kappa shape index (κ2) is 10.8. The van der Waals surface area contributed by atoms with Crippen molar-refractivity contribution < 1.29 is 13.2 Å². The first-order chi connectivity index (χ1) is 21.0. The van der Waals surface area contributed by atoms with Crippen LogP contribution in [0.25, 0.3) is 43.8 Å². The molecular weight excluding hydrogens is 541 g/mol. The molecule has 0 spiro atoms. The number of rotatable bonds is 5. The fourth-order valence-electron chi connectivity index (χ4n) is 5.80. The van der Waals surface area contributed by atoms with Gasteiger partial charge in [-0.05, 0) is 63.4 Å². The fourth-order valence-corrected chi connectivity index (χ4v) is 5.80. The number of fused-ring (bicyclic) bond motifs is 2. The maximum absolute atomic E-state index is 13.9. The Morgan fingerprint density at radius 2 is 0.977 bits per heavy atom. The van der Waals surface area contributed by atoms with Crippen LogP contribution < -0.4 is 4.90 Å². The molecule has 208 valence electrons. The second-order valence-corrected chi connectivity index (χ2v) is 10.3. The van der Waals surface area contributed by atoms with Gasteiger partial charge in [-0.15, -0.1) is 0 Å². The second-order valence-electron chi connectivity index (χ2n) is 10.3. The van der Waals surface area contributed by atoms with Crippen LogP contribution in [0.1, 0.15) is 5.69 Å². The summed E-state index contributed by atoms with van der Waals surface area (Å²) < 4.78 is 41.6. The van der Waals surface area contributed by atoms with Crippen molar-refractivity contribution in [3.63, 3.8) is 0 Å². The van der Waals surface area contributed by atoms with Crippen LogP contribution in [-0.4, -0.2) is 4.98 Å². The summed E-state index contributed by atoms with van der Waals surface area (Å²) in [6.07, 6.45) is -4.57. The number of hydrogen-bond donors (Lipinski definition) is 0. The third-order valence-electron chi connectivity index (χ3n) is 7.65. The molecule has 0 bridgehead atoms. The molecule has 0 aliphatic rings. The normalized spacial score (nSPS) is 11.6. The van der Waals surface area contributed by atoms with Crippen molar-refractivity contribution in [3.05, 3.63) is 157 Å². The molecule has 0 unspecified atom stereocenters. The van der Waals surface area contributed by atoms with Gasteiger partial charge in [0.15, 0.2) is 0 Å². The fraction of sp³-hybridized carbons (Fsp3) is 0.0263. The van der Waals surface area contributed by atoms with Crippen LogP contribution in [0.15, 0.2) is 152 Å². The van der Waals surface area contributed by atoms with Crippen molar-refractivity contribution in [2.24, 2.45) is 0 Å². The van der Waals surface area contributed by atoms with Crippen LogP contribution in [0.3, 0.4) is 0 Å². The van der Waals surface area contributed by atoms with Crippen molar-refractivity contribution in [1.82, 2.24) is 4.98 Å². The topological polar surface area (TPSA) is 16.1 Å². The standard InChI is InChI=1S/C38H25F3N2/c39-38(40,41)34-23-12-24-35(42-34)43(29-17-5-2-6-18-29)37-32-21-9-7-19-30(32)36(31-20-8-10-22-33(31)37)28-16-11-15-27(25-28)26-13-3-1-4-14-26/h1-25H. The van der Waals surface area contributed by atoms with Crippen LogP contribution in [0.4, 0.5) is 30.4 Å². The van der Waals surface area contributed by atoms with Gasteiger partial charge in [-0.1, -0.05) is 121 Å². The zero-order valence-electron chi connectivity index (χ0n) is 23.0. The predicted molar refractivity (Wildman–Crippen MR) is 170 cm³/mol. The van der Waals surface area contributed by atoms with Gasteiger partial charge >= 0.3 is 6.18 Å². The van der Waals surface area contributed by atoms with E-state index in [-0.39, 0.29) is 5.82 Å². The molecule has 0 saturated heterocycles. The third-order valence-corrected chi connectivity index (χ3v) is 7.65. The van der Waals surface area contributed by atoms with E-state index in [1.165, 1.54) is 6.07 Å². The van der Waals surface area contributed by atoms with Crippen molar-refractivity contribution in [2.75, 3.05) is 4.90 Å². The van der Waals surface area contributed by atoms with Crippen molar-refractivity contribution in [1.29, 1.82) is 0 Å². The number of aromatic nitrogens is 1. The molecule has 0 radical (unpaired) electrons. The van der Waals surface area contributed by atoms with E-state index in [9.17, 15) is 13.2 Å². The Bertz CT molecular complexity index is 2010. The van der Waals surface area contributed by atoms with Gasteiger partial charge in [-0.2, -0.15) is 13.2 Å². The molecule has 7 aromatic rings. The lowest BCUT2D eigenvalue weighted by Crippen LogP contribution is -2.16. The molecule has 2 nitrogen and oxygen atoms in total. The smallest absolute Gasteiger partial charge is 0.294 e. The Morgan fingerprint density at radius 3 is 1.60 bits per heavy atom. The molecular formula is C38H25F3N2. The van der Waals surface area contributed by atoms with Crippen molar-refractivity contribution in [3.8, 4) is 22.3 Å². The highest BCUT2D eigenvalue weighted by Crippen LogP contribution is 2.48. The number of benzene rings is 6. The van der Waals surface area contributed by atoms with Crippen LogP contribution in [-0.2, 0) is 6.18 Å². The van der Waals surface area contributed by atoms with Crippen molar-refractivity contribution >= 4 is 38.7 Å². The van der Waals surface area contributed by atoms with E-state index in [0.717, 1.165) is 55.6 Å². The van der Waals surface area contributed by atoms with Crippen LogP contribution in [0, 0.1) is 0 Å². The van der Waals surface area contributed by atoms with Gasteiger partial charge in [0.2, 0.25) is 0 Å². The summed E-state index contributed by atoms with van der Waals surface area (Å²) in [5, 5.41) is 3.80. The van der Waals surface area contributed by atoms with Crippen LogP contribution >= 0.6 is 0 Å². The van der Waals surface area contributed by atoms with E-state index in [4.69, 9.17) is 0 Å². The molecule has 0 amide bonds. The first-order valence-electron chi connectivity index (χ1n) is 14.0. The summed E-state index contributed by atoms with van der Waals surface area (Å²) in [5.74, 6) is 0.190. The Hall–Kier alpha value is -5.42. The summed E-state index contributed by atoms with van der Waals surface area (Å²) in [6.45, 7) is 0. The number of nitrogens with zero attached hydrogens (tertiary/aromatic N) is 2. The lowest BCUT2D eigenvalue weighted by Gasteiger charge is -2.29. The monoisotopic (exact) mass is 566 g/mol. The van der Waals surface area contributed by atoms with Gasteiger partial charge in [-0.25, -0.2) is 4.98 Å². The molecule has 6 aromatic carbocycles. The van der Waals surface area contributed by atoms with Gasteiger partial charge in [0.1, 0.15) is 11.5 Å². The lowest BCUT2D eigenvalue weighted by atomic mass is 9.89. The van der Waals surface area contributed by atoms with Gasteiger partial charge in [0.25, 0.3) is 0 Å². The van der Waals surface area contributed by atoms with Crippen LogP contribution in [0.5, 0.6) is 0 Å². The largest absolute Gasteiger partial charge is 0.433 e. The lowest BCUT2D eigenvalue weighted by molar-refractivity contribution is -0.141. The molecule has 0 saturated carbocycles. The Morgan fingerprint density at radius 1 is 0.465 bits per heavy atom. The van der Waals surface area contributed by atoms with Gasteiger partial charge in [0.05, 0.1) is 5.69 Å². The van der Waals surface area contributed by atoms with E-state index in [1.807, 2.05) is 89.8 Å². The third kappa shape index (κ3) is 4.89. The minimum absolute atomic E-state index is 0.190. The van der Waals surface area contributed by atoms with Crippen molar-refractivity contribution in [2.45, 2.75) is 6.18 Å². The van der Waals surface area contributed by atoms with E-state index in [2.05, 4.69) is 53.5 Å². The minimum atomic E-state index is -4.57.